The second-order valence-electron chi connectivity index (χ2n) is 6.80. The topological polar surface area (TPSA) is 56.2 Å². The van der Waals surface area contributed by atoms with Crippen LogP contribution in [0.2, 0.25) is 0 Å². The monoisotopic (exact) mass is 336 g/mol. The predicted octanol–water partition coefficient (Wildman–Crippen LogP) is 3.44. The van der Waals surface area contributed by atoms with E-state index < -0.39 is 0 Å². The summed E-state index contributed by atoms with van der Waals surface area (Å²) in [6.45, 7) is 4.02. The second kappa shape index (κ2) is 5.42. The van der Waals surface area contributed by atoms with Crippen molar-refractivity contribution in [2.45, 2.75) is 43.4 Å². The molecular formula is C19H20N4S. The van der Waals surface area contributed by atoms with Gasteiger partial charge < -0.3 is 10.3 Å². The van der Waals surface area contributed by atoms with Crippen LogP contribution in [0.1, 0.15) is 44.2 Å². The first-order valence-electron chi connectivity index (χ1n) is 8.13. The Hall–Kier alpha value is -2.19. The molecule has 2 N–H and O–H groups in total. The van der Waals surface area contributed by atoms with Crippen molar-refractivity contribution in [3.63, 3.8) is 0 Å². The highest BCUT2D eigenvalue weighted by atomic mass is 32.2. The molecule has 1 atom stereocenters. The van der Waals surface area contributed by atoms with Gasteiger partial charge in [-0.1, -0.05) is 17.7 Å². The highest BCUT2D eigenvalue weighted by Crippen LogP contribution is 2.58. The van der Waals surface area contributed by atoms with Gasteiger partial charge in [0.2, 0.25) is 0 Å². The van der Waals surface area contributed by atoms with Gasteiger partial charge in [-0.3, -0.25) is 9.98 Å². The van der Waals surface area contributed by atoms with Crippen LogP contribution in [0.3, 0.4) is 0 Å². The van der Waals surface area contributed by atoms with Crippen LogP contribution in [0.25, 0.3) is 5.69 Å². The number of hydrogen-bond donors (Lipinski definition) is 1. The lowest BCUT2D eigenvalue weighted by Crippen LogP contribution is -2.34. The number of aliphatic imine (C=N–C) groups is 1. The Morgan fingerprint density at radius 3 is 2.92 bits per heavy atom. The lowest BCUT2D eigenvalue weighted by atomic mass is 9.88. The van der Waals surface area contributed by atoms with E-state index in [9.17, 15) is 0 Å². The van der Waals surface area contributed by atoms with Gasteiger partial charge in [0.1, 0.15) is 0 Å². The van der Waals surface area contributed by atoms with Gasteiger partial charge in [0.15, 0.2) is 5.17 Å². The Morgan fingerprint density at radius 2 is 2.17 bits per heavy atom. The lowest BCUT2D eigenvalue weighted by molar-refractivity contribution is 0.438. The second-order valence-corrected chi connectivity index (χ2v) is 8.29. The molecule has 1 aliphatic heterocycles. The number of hydrogen-bond acceptors (Lipinski definition) is 4. The van der Waals surface area contributed by atoms with E-state index in [0.717, 1.165) is 22.8 Å². The molecule has 4 nitrogen and oxygen atoms in total. The van der Waals surface area contributed by atoms with Crippen LogP contribution in [-0.2, 0) is 5.54 Å². The number of aromatic nitrogens is 2. The highest BCUT2D eigenvalue weighted by Gasteiger charge is 2.52. The minimum absolute atomic E-state index is 0.245. The Bertz CT molecular complexity index is 882. The quantitative estimate of drug-likeness (QED) is 0.855. The molecule has 1 saturated carbocycles. The van der Waals surface area contributed by atoms with E-state index in [1.165, 1.54) is 18.4 Å². The maximum atomic E-state index is 6.12. The largest absolute Gasteiger partial charge is 0.378 e. The Balaban J connectivity index is 1.68. The summed E-state index contributed by atoms with van der Waals surface area (Å²) >= 11 is 1.76. The molecule has 1 aliphatic carbocycles. The van der Waals surface area contributed by atoms with Crippen LogP contribution >= 0.6 is 11.8 Å². The molecule has 0 saturated heterocycles. The molecule has 0 bridgehead atoms. The Morgan fingerprint density at radius 1 is 1.33 bits per heavy atom. The molecule has 24 heavy (non-hydrogen) atoms. The minimum atomic E-state index is -0.245. The average Bonchev–Trinajstić information content (AvgIpc) is 3.08. The summed E-state index contributed by atoms with van der Waals surface area (Å²) in [7, 11) is 0. The van der Waals surface area contributed by atoms with Gasteiger partial charge in [0.25, 0.3) is 0 Å². The van der Waals surface area contributed by atoms with Crippen LogP contribution in [0.4, 0.5) is 0 Å². The lowest BCUT2D eigenvalue weighted by Gasteiger charge is -2.34. The van der Waals surface area contributed by atoms with E-state index in [0.29, 0.717) is 4.75 Å². The number of rotatable bonds is 2. The van der Waals surface area contributed by atoms with Crippen molar-refractivity contribution in [1.82, 2.24) is 9.55 Å². The van der Waals surface area contributed by atoms with Gasteiger partial charge in [-0.15, -0.1) is 5.92 Å². The maximum Gasteiger partial charge on any atom is 0.155 e. The van der Waals surface area contributed by atoms with Crippen molar-refractivity contribution in [3.05, 3.63) is 48.0 Å². The third-order valence-electron chi connectivity index (χ3n) is 4.76. The first-order valence-corrected chi connectivity index (χ1v) is 8.95. The normalized spacial score (nSPS) is 24.2. The van der Waals surface area contributed by atoms with Crippen molar-refractivity contribution >= 4 is 16.9 Å². The van der Waals surface area contributed by atoms with Gasteiger partial charge in [-0.25, -0.2) is 0 Å². The van der Waals surface area contributed by atoms with Crippen LogP contribution in [0.5, 0.6) is 0 Å². The van der Waals surface area contributed by atoms with Crippen LogP contribution in [0.15, 0.2) is 41.9 Å². The number of pyridine rings is 1. The van der Waals surface area contributed by atoms with E-state index >= 15 is 0 Å². The van der Waals surface area contributed by atoms with Crippen molar-refractivity contribution in [3.8, 4) is 17.5 Å². The zero-order valence-electron chi connectivity index (χ0n) is 13.9. The highest BCUT2D eigenvalue weighted by molar-refractivity contribution is 8.15. The fourth-order valence-electron chi connectivity index (χ4n) is 3.43. The number of thioether (sulfide) groups is 1. The summed E-state index contributed by atoms with van der Waals surface area (Å²) in [5.74, 6) is 5.97. The molecule has 2 aromatic rings. The smallest absolute Gasteiger partial charge is 0.155 e. The molecule has 0 aromatic carbocycles. The van der Waals surface area contributed by atoms with Gasteiger partial charge in [0, 0.05) is 28.9 Å². The molecule has 1 fully saturated rings. The Kier molecular flexibility index (Phi) is 3.47. The maximum absolute atomic E-state index is 6.12. The molecule has 0 radical (unpaired) electrons. The fourth-order valence-corrected chi connectivity index (χ4v) is 4.78. The van der Waals surface area contributed by atoms with E-state index in [1.807, 2.05) is 19.2 Å². The third-order valence-corrected chi connectivity index (χ3v) is 6.04. The summed E-state index contributed by atoms with van der Waals surface area (Å²) < 4.78 is 2.41. The zero-order chi connectivity index (χ0) is 16.8. The third kappa shape index (κ3) is 2.71. The van der Waals surface area contributed by atoms with Crippen LogP contribution in [-0.4, -0.2) is 19.5 Å². The molecule has 3 heterocycles. The Labute approximate surface area is 146 Å². The van der Waals surface area contributed by atoms with Crippen LogP contribution in [0, 0.1) is 11.8 Å². The van der Waals surface area contributed by atoms with E-state index in [2.05, 4.69) is 46.8 Å². The van der Waals surface area contributed by atoms with E-state index in [4.69, 9.17) is 10.7 Å². The van der Waals surface area contributed by atoms with Crippen molar-refractivity contribution in [2.24, 2.45) is 10.7 Å². The van der Waals surface area contributed by atoms with Gasteiger partial charge in [-0.2, -0.15) is 0 Å². The fraction of sp³-hybridized carbons (Fsp3) is 0.368. The number of amidine groups is 1. The average molecular weight is 336 g/mol. The molecule has 1 unspecified atom stereocenters. The standard InChI is InChI=1S/C19H20N4S/c1-3-4-14-9-16(11-21-10-14)23-8-5-15(12-23)18(2)13-19(6-7-19)24-17(20)22-18/h5,8-12H,6-7,13H2,1-2H3,(H2,20,22). The molecule has 2 aliphatic rings. The molecular weight excluding hydrogens is 316 g/mol. The summed E-state index contributed by atoms with van der Waals surface area (Å²) in [6, 6.07) is 4.19. The van der Waals surface area contributed by atoms with E-state index in [-0.39, 0.29) is 5.54 Å². The molecule has 0 amide bonds. The van der Waals surface area contributed by atoms with Gasteiger partial charge >= 0.3 is 0 Å². The predicted molar refractivity (Wildman–Crippen MR) is 99.3 cm³/mol. The molecule has 1 spiro atoms. The van der Waals surface area contributed by atoms with Crippen molar-refractivity contribution < 1.29 is 0 Å². The summed E-state index contributed by atoms with van der Waals surface area (Å²) in [5.41, 5.74) is 9.00. The molecule has 2 aromatic heterocycles. The van der Waals surface area contributed by atoms with Crippen molar-refractivity contribution in [1.29, 1.82) is 0 Å². The first kappa shape index (κ1) is 15.3. The van der Waals surface area contributed by atoms with Crippen molar-refractivity contribution in [2.75, 3.05) is 0 Å². The summed E-state index contributed by atoms with van der Waals surface area (Å²) in [6.07, 6.45) is 11.4. The summed E-state index contributed by atoms with van der Waals surface area (Å²) in [4.78, 5) is 9.07. The number of nitrogens with two attached hydrogens (primary N) is 1. The zero-order valence-corrected chi connectivity index (χ0v) is 14.7. The molecule has 5 heteroatoms. The first-order chi connectivity index (χ1) is 11.5. The van der Waals surface area contributed by atoms with Gasteiger partial charge in [-0.05, 0) is 50.8 Å². The number of nitrogens with zero attached hydrogens (tertiary/aromatic N) is 3. The van der Waals surface area contributed by atoms with Crippen LogP contribution < -0.4 is 5.73 Å². The minimum Gasteiger partial charge on any atom is -0.378 e. The van der Waals surface area contributed by atoms with Gasteiger partial charge in [0.05, 0.1) is 17.4 Å². The SMILES string of the molecule is CC#Cc1cncc(-n2ccc(C3(C)CC4(CC4)SC(N)=N3)c2)c1. The summed E-state index contributed by atoms with van der Waals surface area (Å²) in [5, 5.41) is 0.718. The molecule has 4 rings (SSSR count). The van der Waals surface area contributed by atoms with E-state index in [1.54, 1.807) is 18.0 Å². The molecule has 122 valence electrons.